The maximum absolute atomic E-state index is 14.2. The van der Waals surface area contributed by atoms with Crippen molar-refractivity contribution < 1.29 is 19.0 Å². The Bertz CT molecular complexity index is 1820. The average molecular weight is 598 g/mol. The van der Waals surface area contributed by atoms with Gasteiger partial charge in [0.1, 0.15) is 0 Å². The van der Waals surface area contributed by atoms with Crippen LogP contribution in [-0.4, -0.2) is 44.5 Å². The second kappa shape index (κ2) is 13.1. The van der Waals surface area contributed by atoms with Crippen molar-refractivity contribution in [1.29, 1.82) is 0 Å². The average Bonchev–Trinajstić information content (AvgIpc) is 3.35. The molecule has 0 unspecified atom stereocenters. The lowest BCUT2D eigenvalue weighted by molar-refractivity contribution is -0.138. The summed E-state index contributed by atoms with van der Waals surface area (Å²) in [6.45, 7) is 8.01. The highest BCUT2D eigenvalue weighted by atomic mass is 32.1. The lowest BCUT2D eigenvalue weighted by Crippen LogP contribution is -2.40. The number of ether oxygens (including phenoxy) is 3. The van der Waals surface area contributed by atoms with Gasteiger partial charge in [0, 0.05) is 24.3 Å². The zero-order chi connectivity index (χ0) is 30.5. The Morgan fingerprint density at radius 2 is 1.65 bits per heavy atom. The lowest BCUT2D eigenvalue weighted by Gasteiger charge is -2.26. The van der Waals surface area contributed by atoms with E-state index >= 15 is 0 Å². The van der Waals surface area contributed by atoms with Crippen LogP contribution < -0.4 is 29.3 Å². The van der Waals surface area contributed by atoms with Crippen LogP contribution in [0.25, 0.3) is 11.8 Å². The van der Waals surface area contributed by atoms with Crippen molar-refractivity contribution in [1.82, 2.24) is 4.57 Å². The first-order valence-corrected chi connectivity index (χ1v) is 15.1. The summed E-state index contributed by atoms with van der Waals surface area (Å²) in [7, 11) is 3.11. The number of esters is 1. The van der Waals surface area contributed by atoms with Crippen molar-refractivity contribution in [3.63, 3.8) is 0 Å². The Morgan fingerprint density at radius 1 is 0.953 bits per heavy atom. The number of thiazole rings is 1. The van der Waals surface area contributed by atoms with Gasteiger partial charge in [-0.05, 0) is 62.2 Å². The maximum Gasteiger partial charge on any atom is 0.338 e. The molecule has 43 heavy (non-hydrogen) atoms. The molecular weight excluding hydrogens is 562 g/mol. The van der Waals surface area contributed by atoms with Gasteiger partial charge < -0.3 is 19.1 Å². The summed E-state index contributed by atoms with van der Waals surface area (Å²) in [4.78, 5) is 35.5. The molecule has 4 aromatic rings. The summed E-state index contributed by atoms with van der Waals surface area (Å²) >= 11 is 1.29. The summed E-state index contributed by atoms with van der Waals surface area (Å²) in [5, 5.41) is 0. The minimum absolute atomic E-state index is 0.178. The fraction of sp³-hybridized carbons (Fsp3) is 0.265. The molecule has 0 amide bonds. The second-order valence-corrected chi connectivity index (χ2v) is 10.8. The molecule has 0 saturated carbocycles. The molecule has 2 heterocycles. The van der Waals surface area contributed by atoms with E-state index in [4.69, 9.17) is 19.2 Å². The van der Waals surface area contributed by atoms with Gasteiger partial charge in [0.25, 0.3) is 5.56 Å². The molecule has 0 radical (unpaired) electrons. The number of nitrogens with zero attached hydrogens (tertiary/aromatic N) is 3. The predicted octanol–water partition coefficient (Wildman–Crippen LogP) is 4.80. The molecule has 1 aliphatic rings. The molecule has 9 heteroatoms. The van der Waals surface area contributed by atoms with Crippen LogP contribution in [0, 0.1) is 0 Å². The van der Waals surface area contributed by atoms with E-state index in [1.165, 1.54) is 11.3 Å². The SMILES string of the molecule is CCOC(=O)C1=C(c2ccccc2)N=c2s/c(=C\c3ccc(N(CC)CC)cc3)c(=O)n2[C@H]1c1ccc(OC)c(OC)c1. The number of hydrogen-bond acceptors (Lipinski definition) is 8. The number of anilines is 1. The largest absolute Gasteiger partial charge is 0.493 e. The molecule has 0 fully saturated rings. The van der Waals surface area contributed by atoms with Crippen LogP contribution >= 0.6 is 11.3 Å². The van der Waals surface area contributed by atoms with Gasteiger partial charge in [0.2, 0.25) is 0 Å². The molecule has 1 aromatic heterocycles. The van der Waals surface area contributed by atoms with E-state index < -0.39 is 12.0 Å². The van der Waals surface area contributed by atoms with E-state index in [9.17, 15) is 9.59 Å². The molecule has 8 nitrogen and oxygen atoms in total. The molecule has 5 rings (SSSR count). The van der Waals surface area contributed by atoms with E-state index in [-0.39, 0.29) is 17.7 Å². The fourth-order valence-corrected chi connectivity index (χ4v) is 6.30. The van der Waals surface area contributed by atoms with Gasteiger partial charge in [-0.25, -0.2) is 9.79 Å². The summed E-state index contributed by atoms with van der Waals surface area (Å²) in [5.74, 6) is 0.486. The van der Waals surface area contributed by atoms with Gasteiger partial charge in [-0.15, -0.1) is 0 Å². The van der Waals surface area contributed by atoms with Gasteiger partial charge in [-0.2, -0.15) is 0 Å². The van der Waals surface area contributed by atoms with Crippen LogP contribution in [0.5, 0.6) is 11.5 Å². The van der Waals surface area contributed by atoms with Crippen LogP contribution in [0.4, 0.5) is 5.69 Å². The summed E-state index contributed by atoms with van der Waals surface area (Å²) in [6, 6.07) is 22.2. The predicted molar refractivity (Wildman–Crippen MR) is 171 cm³/mol. The molecule has 0 aliphatic carbocycles. The molecule has 3 aromatic carbocycles. The highest BCUT2D eigenvalue weighted by Gasteiger charge is 2.35. The number of benzene rings is 3. The molecule has 1 atom stereocenters. The van der Waals surface area contributed by atoms with Gasteiger partial charge in [-0.3, -0.25) is 9.36 Å². The summed E-state index contributed by atoms with van der Waals surface area (Å²) in [6.07, 6.45) is 1.87. The first-order valence-electron chi connectivity index (χ1n) is 14.3. The Balaban J connectivity index is 1.76. The number of carbonyl (C=O) groups is 1. The summed E-state index contributed by atoms with van der Waals surface area (Å²) < 4.78 is 18.7. The molecule has 0 spiro atoms. The van der Waals surface area contributed by atoms with Crippen molar-refractivity contribution in [3.8, 4) is 11.5 Å². The molecule has 0 bridgehead atoms. The quantitative estimate of drug-likeness (QED) is 0.245. The Morgan fingerprint density at radius 3 is 2.28 bits per heavy atom. The molecule has 222 valence electrons. The molecular formula is C34H35N3O5S. The van der Waals surface area contributed by atoms with E-state index in [0.717, 1.165) is 29.9 Å². The highest BCUT2D eigenvalue weighted by molar-refractivity contribution is 7.07. The van der Waals surface area contributed by atoms with Gasteiger partial charge in [0.15, 0.2) is 16.3 Å². The maximum atomic E-state index is 14.2. The second-order valence-electron chi connectivity index (χ2n) is 9.81. The van der Waals surface area contributed by atoms with Crippen LogP contribution in [0.3, 0.4) is 0 Å². The number of hydrogen-bond donors (Lipinski definition) is 0. The number of rotatable bonds is 10. The van der Waals surface area contributed by atoms with E-state index in [2.05, 4.69) is 30.9 Å². The van der Waals surface area contributed by atoms with Crippen LogP contribution in [0.1, 0.15) is 43.5 Å². The van der Waals surface area contributed by atoms with Gasteiger partial charge >= 0.3 is 5.97 Å². The Kier molecular flexibility index (Phi) is 9.11. The number of fused-ring (bicyclic) bond motifs is 1. The van der Waals surface area contributed by atoms with Crippen molar-refractivity contribution in [2.24, 2.45) is 4.99 Å². The highest BCUT2D eigenvalue weighted by Crippen LogP contribution is 2.38. The third-order valence-electron chi connectivity index (χ3n) is 7.42. The number of methoxy groups -OCH3 is 2. The third kappa shape index (κ3) is 5.85. The van der Waals surface area contributed by atoms with E-state index in [1.807, 2.05) is 54.6 Å². The Hall–Kier alpha value is -4.63. The lowest BCUT2D eigenvalue weighted by atomic mass is 9.93. The molecule has 0 N–H and O–H groups in total. The van der Waals surface area contributed by atoms with E-state index in [0.29, 0.717) is 32.1 Å². The van der Waals surface area contributed by atoms with Crippen molar-refractivity contribution >= 4 is 34.8 Å². The monoisotopic (exact) mass is 597 g/mol. The third-order valence-corrected chi connectivity index (χ3v) is 8.40. The minimum atomic E-state index is -0.808. The van der Waals surface area contributed by atoms with Gasteiger partial charge in [-0.1, -0.05) is 59.9 Å². The molecule has 0 saturated heterocycles. The number of carbonyl (C=O) groups excluding carboxylic acids is 1. The van der Waals surface area contributed by atoms with Crippen molar-refractivity contribution in [2.75, 3.05) is 38.8 Å². The normalized spacial score (nSPS) is 14.6. The topological polar surface area (TPSA) is 82.4 Å². The number of aromatic nitrogens is 1. The fourth-order valence-electron chi connectivity index (χ4n) is 5.30. The van der Waals surface area contributed by atoms with Crippen molar-refractivity contribution in [2.45, 2.75) is 26.8 Å². The standard InChI is InChI=1S/C34H35N3O5S/c1-6-36(7-2)25-17-14-22(15-18-25)20-28-32(38)37-31(24-16-19-26(40-4)27(21-24)41-5)29(33(39)42-8-3)30(35-34(37)43-28)23-12-10-9-11-13-23/h9-21,31H,6-8H2,1-5H3/b28-20-/t31-/m0/s1. The van der Waals surface area contributed by atoms with E-state index in [1.54, 1.807) is 37.8 Å². The summed E-state index contributed by atoms with van der Waals surface area (Å²) in [5.41, 5.74) is 3.95. The van der Waals surface area contributed by atoms with Crippen LogP contribution in [0.2, 0.25) is 0 Å². The zero-order valence-electron chi connectivity index (χ0n) is 25.0. The molecule has 1 aliphatic heterocycles. The Labute approximate surface area is 254 Å². The van der Waals surface area contributed by atoms with Gasteiger partial charge in [0.05, 0.1) is 42.7 Å². The zero-order valence-corrected chi connectivity index (χ0v) is 25.8. The minimum Gasteiger partial charge on any atom is -0.493 e. The van der Waals surface area contributed by atoms with Crippen molar-refractivity contribution in [3.05, 3.63) is 115 Å². The smallest absolute Gasteiger partial charge is 0.338 e. The first kappa shape index (κ1) is 29.8. The first-order chi connectivity index (χ1) is 20.9. The van der Waals surface area contributed by atoms with Crippen LogP contribution in [-0.2, 0) is 9.53 Å². The van der Waals surface area contributed by atoms with Crippen LogP contribution in [0.15, 0.2) is 88.2 Å².